The topological polar surface area (TPSA) is 85.1 Å². The number of sulfonamides is 1. The Morgan fingerprint density at radius 3 is 2.50 bits per heavy atom. The average Bonchev–Trinajstić information content (AvgIpc) is 2.42. The highest BCUT2D eigenvalue weighted by Crippen LogP contribution is 2.17. The smallest absolute Gasteiger partial charge is 0.263 e. The Morgan fingerprint density at radius 2 is 1.90 bits per heavy atom. The zero-order valence-corrected chi connectivity index (χ0v) is 12.0. The molecule has 106 valence electrons. The van der Waals surface area contributed by atoms with Crippen LogP contribution in [0.5, 0.6) is 0 Å². The van der Waals surface area contributed by atoms with E-state index in [-0.39, 0.29) is 4.90 Å². The van der Waals surface area contributed by atoms with Crippen molar-refractivity contribution < 1.29 is 8.42 Å². The van der Waals surface area contributed by atoms with Crippen molar-refractivity contribution in [3.05, 3.63) is 53.7 Å². The van der Waals surface area contributed by atoms with Crippen LogP contribution in [0.15, 0.2) is 47.5 Å². The van der Waals surface area contributed by atoms with E-state index in [1.165, 1.54) is 0 Å². The molecule has 0 radical (unpaired) electrons. The van der Waals surface area contributed by atoms with Gasteiger partial charge in [-0.2, -0.15) is 0 Å². The Hall–Kier alpha value is -1.92. The number of nitrogens with one attached hydrogen (secondary N) is 1. The Balaban J connectivity index is 2.24. The normalized spacial score (nSPS) is 11.3. The summed E-state index contributed by atoms with van der Waals surface area (Å²) in [6.45, 7) is 2.34. The van der Waals surface area contributed by atoms with Gasteiger partial charge in [-0.05, 0) is 49.2 Å². The Morgan fingerprint density at radius 1 is 1.20 bits per heavy atom. The summed E-state index contributed by atoms with van der Waals surface area (Å²) in [6.07, 6.45) is 2.28. The van der Waals surface area contributed by atoms with E-state index in [0.717, 1.165) is 17.5 Å². The Kier molecular flexibility index (Phi) is 4.36. The van der Waals surface area contributed by atoms with Crippen LogP contribution in [0.3, 0.4) is 0 Å². The van der Waals surface area contributed by atoms with Crippen LogP contribution in [0.1, 0.15) is 11.1 Å². The number of benzene rings is 1. The summed E-state index contributed by atoms with van der Waals surface area (Å²) >= 11 is 0. The van der Waals surface area contributed by atoms with Gasteiger partial charge in [-0.1, -0.05) is 18.2 Å². The lowest BCUT2D eigenvalue weighted by atomic mass is 10.2. The summed E-state index contributed by atoms with van der Waals surface area (Å²) in [6, 6.07) is 10.3. The molecule has 0 bridgehead atoms. The third-order valence-electron chi connectivity index (χ3n) is 2.91. The molecule has 0 aliphatic heterocycles. The Labute approximate surface area is 118 Å². The van der Waals surface area contributed by atoms with Crippen molar-refractivity contribution in [2.75, 3.05) is 11.3 Å². The summed E-state index contributed by atoms with van der Waals surface area (Å²) in [5.74, 6) is 0.346. The van der Waals surface area contributed by atoms with E-state index in [4.69, 9.17) is 5.73 Å². The molecule has 3 N–H and O–H groups in total. The maximum absolute atomic E-state index is 12.2. The van der Waals surface area contributed by atoms with E-state index >= 15 is 0 Å². The van der Waals surface area contributed by atoms with E-state index < -0.39 is 10.0 Å². The predicted molar refractivity (Wildman–Crippen MR) is 79.0 cm³/mol. The van der Waals surface area contributed by atoms with Crippen LogP contribution in [0, 0.1) is 6.92 Å². The highest BCUT2D eigenvalue weighted by molar-refractivity contribution is 7.92. The molecule has 0 aliphatic rings. The third kappa shape index (κ3) is 3.34. The van der Waals surface area contributed by atoms with E-state index in [0.29, 0.717) is 12.4 Å². The molecule has 20 heavy (non-hydrogen) atoms. The second kappa shape index (κ2) is 6.02. The number of aromatic nitrogens is 1. The summed E-state index contributed by atoms with van der Waals surface area (Å²) in [7, 11) is -3.61. The maximum atomic E-state index is 12.2. The molecule has 0 aliphatic carbocycles. The van der Waals surface area contributed by atoms with Gasteiger partial charge in [-0.25, -0.2) is 13.4 Å². The monoisotopic (exact) mass is 291 g/mol. The van der Waals surface area contributed by atoms with Crippen molar-refractivity contribution in [3.63, 3.8) is 0 Å². The number of anilines is 1. The SMILES string of the molecule is Cc1cccnc1NS(=O)(=O)c1ccc(CCN)cc1. The number of nitrogens with two attached hydrogens (primary N) is 1. The number of hydrogen-bond donors (Lipinski definition) is 2. The minimum Gasteiger partial charge on any atom is -0.330 e. The van der Waals surface area contributed by atoms with Gasteiger partial charge >= 0.3 is 0 Å². The zero-order valence-electron chi connectivity index (χ0n) is 11.2. The van der Waals surface area contributed by atoms with Gasteiger partial charge in [0.25, 0.3) is 10.0 Å². The summed E-state index contributed by atoms with van der Waals surface area (Å²) in [5, 5.41) is 0. The van der Waals surface area contributed by atoms with Gasteiger partial charge in [0.15, 0.2) is 0 Å². The number of aryl methyl sites for hydroxylation is 1. The number of nitrogens with zero attached hydrogens (tertiary/aromatic N) is 1. The largest absolute Gasteiger partial charge is 0.330 e. The van der Waals surface area contributed by atoms with Crippen LogP contribution in [0.2, 0.25) is 0 Å². The highest BCUT2D eigenvalue weighted by atomic mass is 32.2. The van der Waals surface area contributed by atoms with Crippen molar-refractivity contribution in [1.82, 2.24) is 4.98 Å². The predicted octanol–water partition coefficient (Wildman–Crippen LogP) is 1.69. The van der Waals surface area contributed by atoms with Gasteiger partial charge in [-0.15, -0.1) is 0 Å². The van der Waals surface area contributed by atoms with Crippen LogP contribution < -0.4 is 10.5 Å². The summed E-state index contributed by atoms with van der Waals surface area (Å²) in [4.78, 5) is 4.24. The first kappa shape index (κ1) is 14.5. The summed E-state index contributed by atoms with van der Waals surface area (Å²) < 4.78 is 27.0. The van der Waals surface area contributed by atoms with E-state index in [9.17, 15) is 8.42 Å². The molecule has 0 atom stereocenters. The molecule has 6 heteroatoms. The molecule has 0 saturated carbocycles. The lowest BCUT2D eigenvalue weighted by Gasteiger charge is -2.09. The molecule has 2 aromatic rings. The number of hydrogen-bond acceptors (Lipinski definition) is 4. The average molecular weight is 291 g/mol. The van der Waals surface area contributed by atoms with Gasteiger partial charge in [-0.3, -0.25) is 4.72 Å². The number of pyridine rings is 1. The lowest BCUT2D eigenvalue weighted by molar-refractivity contribution is 0.601. The fourth-order valence-corrected chi connectivity index (χ4v) is 2.86. The molecule has 0 amide bonds. The lowest BCUT2D eigenvalue weighted by Crippen LogP contribution is -2.14. The molecular weight excluding hydrogens is 274 g/mol. The van der Waals surface area contributed by atoms with Gasteiger partial charge in [0.2, 0.25) is 0 Å². The number of rotatable bonds is 5. The zero-order chi connectivity index (χ0) is 14.6. The fraction of sp³-hybridized carbons (Fsp3) is 0.214. The van der Waals surface area contributed by atoms with Crippen LogP contribution in [0.25, 0.3) is 0 Å². The molecule has 2 rings (SSSR count). The van der Waals surface area contributed by atoms with E-state index in [1.54, 1.807) is 49.5 Å². The molecule has 0 spiro atoms. The molecule has 5 nitrogen and oxygen atoms in total. The van der Waals surface area contributed by atoms with Gasteiger partial charge in [0.05, 0.1) is 4.90 Å². The quantitative estimate of drug-likeness (QED) is 0.878. The molecule has 0 saturated heterocycles. The first-order valence-corrected chi connectivity index (χ1v) is 7.75. The molecule has 1 heterocycles. The summed E-state index contributed by atoms with van der Waals surface area (Å²) in [5.41, 5.74) is 7.25. The molecular formula is C14H17N3O2S. The van der Waals surface area contributed by atoms with Crippen LogP contribution >= 0.6 is 0 Å². The maximum Gasteiger partial charge on any atom is 0.263 e. The van der Waals surface area contributed by atoms with Crippen molar-refractivity contribution in [2.45, 2.75) is 18.2 Å². The van der Waals surface area contributed by atoms with Gasteiger partial charge in [0.1, 0.15) is 5.82 Å². The first-order valence-electron chi connectivity index (χ1n) is 6.26. The van der Waals surface area contributed by atoms with Crippen molar-refractivity contribution in [3.8, 4) is 0 Å². The molecule has 0 unspecified atom stereocenters. The molecule has 1 aromatic heterocycles. The minimum atomic E-state index is -3.61. The second-order valence-corrected chi connectivity index (χ2v) is 6.14. The first-order chi connectivity index (χ1) is 9.53. The van der Waals surface area contributed by atoms with Crippen LogP contribution in [0.4, 0.5) is 5.82 Å². The van der Waals surface area contributed by atoms with Gasteiger partial charge in [0, 0.05) is 6.20 Å². The minimum absolute atomic E-state index is 0.211. The van der Waals surface area contributed by atoms with Crippen molar-refractivity contribution in [2.24, 2.45) is 5.73 Å². The second-order valence-electron chi connectivity index (χ2n) is 4.46. The highest BCUT2D eigenvalue weighted by Gasteiger charge is 2.15. The third-order valence-corrected chi connectivity index (χ3v) is 4.26. The molecule has 0 fully saturated rings. The van der Waals surface area contributed by atoms with Gasteiger partial charge < -0.3 is 5.73 Å². The van der Waals surface area contributed by atoms with Crippen molar-refractivity contribution >= 4 is 15.8 Å². The Bertz CT molecular complexity index is 682. The van der Waals surface area contributed by atoms with Crippen LogP contribution in [-0.2, 0) is 16.4 Å². The van der Waals surface area contributed by atoms with Crippen molar-refractivity contribution in [1.29, 1.82) is 0 Å². The van der Waals surface area contributed by atoms with Crippen LogP contribution in [-0.4, -0.2) is 19.9 Å². The fourth-order valence-electron chi connectivity index (χ4n) is 1.78. The molecule has 1 aromatic carbocycles. The van der Waals surface area contributed by atoms with E-state index in [1.807, 2.05) is 0 Å². The van der Waals surface area contributed by atoms with E-state index in [2.05, 4.69) is 9.71 Å². The standard InChI is InChI=1S/C14H17N3O2S/c1-11-3-2-10-16-14(11)17-20(18,19)13-6-4-12(5-7-13)8-9-15/h2-7,10H,8-9,15H2,1H3,(H,16,17).